The summed E-state index contributed by atoms with van der Waals surface area (Å²) < 4.78 is 6.88. The number of benzene rings is 1. The molecule has 0 aliphatic rings. The van der Waals surface area contributed by atoms with Gasteiger partial charge in [0.15, 0.2) is 11.6 Å². The molecule has 0 fully saturated rings. The summed E-state index contributed by atoms with van der Waals surface area (Å²) in [5.41, 5.74) is 3.08. The SMILES string of the molecule is COc1ccccc1-n1nnnc1SCC(=O)c1[nH]c(C)c(C(C)=O)c1C. The standard InChI is InChI=1S/C18H19N5O3S/c1-10-16(12(3)24)11(2)19-17(10)14(25)9-27-18-20-21-22-23(18)13-7-5-6-8-15(13)26-4/h5-8,19H,9H2,1-4H3. The highest BCUT2D eigenvalue weighted by Gasteiger charge is 2.21. The van der Waals surface area contributed by atoms with Crippen LogP contribution in [0, 0.1) is 13.8 Å². The lowest BCUT2D eigenvalue weighted by Gasteiger charge is -2.08. The van der Waals surface area contributed by atoms with E-state index >= 15 is 0 Å². The summed E-state index contributed by atoms with van der Waals surface area (Å²) in [6.45, 7) is 5.06. The second-order valence-corrected chi connectivity index (χ2v) is 6.88. The van der Waals surface area contributed by atoms with E-state index in [1.807, 2.05) is 24.3 Å². The zero-order valence-electron chi connectivity index (χ0n) is 15.4. The van der Waals surface area contributed by atoms with E-state index < -0.39 is 0 Å². The summed E-state index contributed by atoms with van der Waals surface area (Å²) in [6.07, 6.45) is 0. The van der Waals surface area contributed by atoms with Gasteiger partial charge in [-0.3, -0.25) is 9.59 Å². The van der Waals surface area contributed by atoms with E-state index in [-0.39, 0.29) is 17.3 Å². The van der Waals surface area contributed by atoms with Crippen LogP contribution in [0.5, 0.6) is 5.75 Å². The van der Waals surface area contributed by atoms with Gasteiger partial charge in [-0.05, 0) is 48.9 Å². The lowest BCUT2D eigenvalue weighted by atomic mass is 10.1. The van der Waals surface area contributed by atoms with Crippen LogP contribution in [0.2, 0.25) is 0 Å². The van der Waals surface area contributed by atoms with E-state index in [1.54, 1.807) is 21.0 Å². The van der Waals surface area contributed by atoms with Gasteiger partial charge in [0, 0.05) is 11.3 Å². The number of carbonyl (C=O) groups excluding carboxylic acids is 2. The molecule has 0 aliphatic heterocycles. The molecule has 0 atom stereocenters. The first-order valence-corrected chi connectivity index (χ1v) is 9.20. The number of ether oxygens (including phenoxy) is 1. The Morgan fingerprint density at radius 1 is 1.26 bits per heavy atom. The number of aryl methyl sites for hydroxylation is 1. The third-order valence-corrected chi connectivity index (χ3v) is 5.07. The normalized spacial score (nSPS) is 10.8. The Morgan fingerprint density at radius 2 is 2.00 bits per heavy atom. The first kappa shape index (κ1) is 18.8. The fraction of sp³-hybridized carbons (Fsp3) is 0.278. The second kappa shape index (κ2) is 7.75. The number of ketones is 2. The van der Waals surface area contributed by atoms with Crippen LogP contribution < -0.4 is 4.74 Å². The molecule has 0 saturated heterocycles. The van der Waals surface area contributed by atoms with E-state index in [1.165, 1.54) is 23.4 Å². The van der Waals surface area contributed by atoms with Crippen molar-refractivity contribution in [1.82, 2.24) is 25.2 Å². The molecule has 0 bridgehead atoms. The molecule has 2 aromatic heterocycles. The number of hydrogen-bond donors (Lipinski definition) is 1. The summed E-state index contributed by atoms with van der Waals surface area (Å²) in [5, 5.41) is 12.2. The van der Waals surface area contributed by atoms with Gasteiger partial charge in [0.2, 0.25) is 5.16 Å². The van der Waals surface area contributed by atoms with Crippen LogP contribution >= 0.6 is 11.8 Å². The Labute approximate surface area is 160 Å². The number of aromatic nitrogens is 5. The lowest BCUT2D eigenvalue weighted by molar-refractivity contribution is 0.101. The average molecular weight is 385 g/mol. The van der Waals surface area contributed by atoms with E-state index in [0.29, 0.717) is 39.1 Å². The molecular weight excluding hydrogens is 366 g/mol. The second-order valence-electron chi connectivity index (χ2n) is 5.94. The minimum Gasteiger partial charge on any atom is -0.494 e. The number of nitrogens with one attached hydrogen (secondary N) is 1. The molecule has 27 heavy (non-hydrogen) atoms. The monoisotopic (exact) mass is 385 g/mol. The first-order chi connectivity index (χ1) is 12.9. The molecule has 3 aromatic rings. The van der Waals surface area contributed by atoms with Crippen LogP contribution in [0.25, 0.3) is 5.69 Å². The van der Waals surface area contributed by atoms with E-state index in [4.69, 9.17) is 4.74 Å². The lowest BCUT2D eigenvalue weighted by Crippen LogP contribution is -2.07. The Bertz CT molecular complexity index is 1010. The number of Topliss-reactive ketones (excluding diaryl/α,β-unsaturated/α-hetero) is 2. The van der Waals surface area contributed by atoms with E-state index in [2.05, 4.69) is 20.5 Å². The van der Waals surface area contributed by atoms with Crippen LogP contribution in [-0.4, -0.2) is 49.6 Å². The largest absolute Gasteiger partial charge is 0.494 e. The quantitative estimate of drug-likeness (QED) is 0.493. The van der Waals surface area contributed by atoms with Crippen LogP contribution in [-0.2, 0) is 0 Å². The Balaban J connectivity index is 1.81. The Hall–Kier alpha value is -2.94. The molecule has 8 nitrogen and oxygen atoms in total. The van der Waals surface area contributed by atoms with Crippen molar-refractivity contribution in [2.24, 2.45) is 0 Å². The summed E-state index contributed by atoms with van der Waals surface area (Å²) in [7, 11) is 1.57. The predicted octanol–water partition coefficient (Wildman–Crippen LogP) is 2.79. The molecule has 2 heterocycles. The van der Waals surface area contributed by atoms with Gasteiger partial charge in [0.05, 0.1) is 18.6 Å². The summed E-state index contributed by atoms with van der Waals surface area (Å²) in [4.78, 5) is 27.4. The number of carbonyl (C=O) groups is 2. The summed E-state index contributed by atoms with van der Waals surface area (Å²) in [5.74, 6) is 0.573. The number of nitrogens with zero attached hydrogens (tertiary/aromatic N) is 4. The highest BCUT2D eigenvalue weighted by molar-refractivity contribution is 7.99. The number of H-pyrrole nitrogens is 1. The molecular formula is C18H19N5O3S. The molecule has 0 spiro atoms. The van der Waals surface area contributed by atoms with E-state index in [9.17, 15) is 9.59 Å². The predicted molar refractivity (Wildman–Crippen MR) is 101 cm³/mol. The van der Waals surface area contributed by atoms with Gasteiger partial charge in [0.1, 0.15) is 11.4 Å². The molecule has 140 valence electrons. The highest BCUT2D eigenvalue weighted by Crippen LogP contribution is 2.26. The molecule has 1 N–H and O–H groups in total. The molecule has 3 rings (SSSR count). The number of tetrazole rings is 1. The Morgan fingerprint density at radius 3 is 2.67 bits per heavy atom. The van der Waals surface area contributed by atoms with Crippen molar-refractivity contribution in [3.63, 3.8) is 0 Å². The number of hydrogen-bond acceptors (Lipinski definition) is 7. The molecule has 0 amide bonds. The Kier molecular flexibility index (Phi) is 5.41. The maximum atomic E-state index is 12.7. The number of methoxy groups -OCH3 is 1. The fourth-order valence-corrected chi connectivity index (χ4v) is 3.74. The highest BCUT2D eigenvalue weighted by atomic mass is 32.2. The molecule has 0 unspecified atom stereocenters. The maximum Gasteiger partial charge on any atom is 0.214 e. The fourth-order valence-electron chi connectivity index (χ4n) is 2.98. The molecule has 9 heteroatoms. The third kappa shape index (κ3) is 3.63. The zero-order chi connectivity index (χ0) is 19.6. The van der Waals surface area contributed by atoms with Gasteiger partial charge in [-0.15, -0.1) is 5.10 Å². The van der Waals surface area contributed by atoms with Gasteiger partial charge in [0.25, 0.3) is 0 Å². The third-order valence-electron chi connectivity index (χ3n) is 4.16. The first-order valence-electron chi connectivity index (χ1n) is 8.22. The van der Waals surface area contributed by atoms with Crippen molar-refractivity contribution >= 4 is 23.3 Å². The van der Waals surface area contributed by atoms with Crippen molar-refractivity contribution in [2.75, 3.05) is 12.9 Å². The van der Waals surface area contributed by atoms with Crippen LogP contribution in [0.3, 0.4) is 0 Å². The minimum absolute atomic E-state index is 0.0620. The van der Waals surface area contributed by atoms with Crippen LogP contribution in [0.15, 0.2) is 29.4 Å². The molecule has 0 saturated carbocycles. The smallest absolute Gasteiger partial charge is 0.214 e. The number of aromatic amines is 1. The van der Waals surface area contributed by atoms with Gasteiger partial charge in [-0.25, -0.2) is 0 Å². The topological polar surface area (TPSA) is 103 Å². The number of rotatable bonds is 7. The van der Waals surface area contributed by atoms with Crippen molar-refractivity contribution in [2.45, 2.75) is 25.9 Å². The van der Waals surface area contributed by atoms with Gasteiger partial charge >= 0.3 is 0 Å². The van der Waals surface area contributed by atoms with E-state index in [0.717, 1.165) is 0 Å². The average Bonchev–Trinajstić information content (AvgIpc) is 3.23. The molecule has 0 radical (unpaired) electrons. The molecule has 1 aromatic carbocycles. The zero-order valence-corrected chi connectivity index (χ0v) is 16.3. The van der Waals surface area contributed by atoms with Crippen molar-refractivity contribution in [3.05, 3.63) is 46.8 Å². The van der Waals surface area contributed by atoms with Crippen molar-refractivity contribution in [1.29, 1.82) is 0 Å². The number of para-hydroxylation sites is 2. The van der Waals surface area contributed by atoms with Gasteiger partial charge in [-0.1, -0.05) is 23.9 Å². The summed E-state index contributed by atoms with van der Waals surface area (Å²) >= 11 is 1.22. The van der Waals surface area contributed by atoms with Crippen molar-refractivity contribution in [3.8, 4) is 11.4 Å². The van der Waals surface area contributed by atoms with Crippen molar-refractivity contribution < 1.29 is 14.3 Å². The summed E-state index contributed by atoms with van der Waals surface area (Å²) in [6, 6.07) is 7.35. The van der Waals surface area contributed by atoms with Gasteiger partial charge < -0.3 is 9.72 Å². The molecule has 0 aliphatic carbocycles. The maximum absolute atomic E-state index is 12.7. The van der Waals surface area contributed by atoms with Crippen LogP contribution in [0.1, 0.15) is 39.0 Å². The minimum atomic E-state index is -0.123. The van der Waals surface area contributed by atoms with Crippen LogP contribution in [0.4, 0.5) is 0 Å². The number of thioether (sulfide) groups is 1. The van der Waals surface area contributed by atoms with Gasteiger partial charge in [-0.2, -0.15) is 4.68 Å².